The van der Waals surface area contributed by atoms with E-state index in [1.807, 2.05) is 0 Å². The molecule has 0 saturated carbocycles. The molecule has 0 spiro atoms. The van der Waals surface area contributed by atoms with Gasteiger partial charge in [-0.3, -0.25) is 9.59 Å². The van der Waals surface area contributed by atoms with Crippen LogP contribution in [0.5, 0.6) is 0 Å². The van der Waals surface area contributed by atoms with Gasteiger partial charge in [0.25, 0.3) is 0 Å². The molecule has 0 aromatic heterocycles. The van der Waals surface area contributed by atoms with E-state index in [0.29, 0.717) is 11.1 Å². The maximum atomic E-state index is 12.9. The van der Waals surface area contributed by atoms with Gasteiger partial charge in [0.05, 0.1) is 10.0 Å². The van der Waals surface area contributed by atoms with Gasteiger partial charge in [-0.05, 0) is 12.1 Å². The first-order valence-electron chi connectivity index (χ1n) is 8.11. The lowest BCUT2D eigenvalue weighted by Crippen LogP contribution is -2.28. The van der Waals surface area contributed by atoms with Crippen LogP contribution in [-0.2, 0) is 0 Å². The molecule has 4 nitrogen and oxygen atoms in total. The van der Waals surface area contributed by atoms with E-state index in [1.54, 1.807) is 78.9 Å². The van der Waals surface area contributed by atoms with Gasteiger partial charge in [0, 0.05) is 11.1 Å². The van der Waals surface area contributed by atoms with Gasteiger partial charge < -0.3 is 0 Å². The van der Waals surface area contributed by atoms with Crippen molar-refractivity contribution in [3.63, 3.8) is 0 Å². The predicted octanol–water partition coefficient (Wildman–Crippen LogP) is 6.21. The van der Waals surface area contributed by atoms with Crippen LogP contribution in [-0.4, -0.2) is 17.6 Å². The molecule has 0 aliphatic rings. The van der Waals surface area contributed by atoms with Crippen LogP contribution in [0.2, 0.25) is 10.0 Å². The van der Waals surface area contributed by atoms with Crippen molar-refractivity contribution in [2.75, 3.05) is 0 Å². The second-order valence-corrected chi connectivity index (χ2v) is 6.46. The summed E-state index contributed by atoms with van der Waals surface area (Å²) in [6, 6.07) is 20.5. The molecule has 3 aromatic rings. The number of nitrogens with zero attached hydrogens (tertiary/aromatic N) is 2. The standard InChI is InChI=1S/C21H14Cl2N2O2/c22-16-12-7-13-17(23)18(16)24-25-19(20(26)14-8-3-1-4-9-14)21(27)15-10-5-2-6-11-15/h1-13,19H. The van der Waals surface area contributed by atoms with Crippen LogP contribution in [0.1, 0.15) is 20.7 Å². The van der Waals surface area contributed by atoms with E-state index < -0.39 is 17.6 Å². The van der Waals surface area contributed by atoms with Gasteiger partial charge >= 0.3 is 0 Å². The molecule has 3 aromatic carbocycles. The molecule has 0 bridgehead atoms. The molecule has 0 unspecified atom stereocenters. The summed E-state index contributed by atoms with van der Waals surface area (Å²) in [5.41, 5.74) is 0.958. The van der Waals surface area contributed by atoms with E-state index in [9.17, 15) is 9.59 Å². The van der Waals surface area contributed by atoms with Crippen molar-refractivity contribution in [3.8, 4) is 0 Å². The highest BCUT2D eigenvalue weighted by molar-refractivity contribution is 6.38. The second kappa shape index (κ2) is 8.71. The summed E-state index contributed by atoms with van der Waals surface area (Å²) in [7, 11) is 0. The Morgan fingerprint density at radius 3 is 1.56 bits per heavy atom. The molecule has 3 rings (SSSR count). The third-order valence-corrected chi connectivity index (χ3v) is 4.43. The minimum Gasteiger partial charge on any atom is -0.291 e. The molecule has 0 N–H and O–H groups in total. The Morgan fingerprint density at radius 2 is 1.11 bits per heavy atom. The van der Waals surface area contributed by atoms with Crippen molar-refractivity contribution < 1.29 is 9.59 Å². The summed E-state index contributed by atoms with van der Waals surface area (Å²) in [6.07, 6.45) is 0. The van der Waals surface area contributed by atoms with Crippen molar-refractivity contribution in [1.82, 2.24) is 0 Å². The van der Waals surface area contributed by atoms with Crippen LogP contribution in [0.25, 0.3) is 0 Å². The van der Waals surface area contributed by atoms with E-state index in [-0.39, 0.29) is 15.7 Å². The van der Waals surface area contributed by atoms with E-state index >= 15 is 0 Å². The molecule has 134 valence electrons. The summed E-state index contributed by atoms with van der Waals surface area (Å²) in [5, 5.41) is 8.61. The minimum absolute atomic E-state index is 0.215. The van der Waals surface area contributed by atoms with E-state index in [2.05, 4.69) is 10.2 Å². The number of carbonyl (C=O) groups excluding carboxylic acids is 2. The number of hydrogen-bond acceptors (Lipinski definition) is 4. The van der Waals surface area contributed by atoms with Gasteiger partial charge in [-0.1, -0.05) is 89.9 Å². The number of ketones is 2. The molecule has 0 saturated heterocycles. The molecule has 0 fully saturated rings. The highest BCUT2D eigenvalue weighted by Crippen LogP contribution is 2.33. The molecule has 0 aliphatic heterocycles. The number of halogens is 2. The third-order valence-electron chi connectivity index (χ3n) is 3.82. The van der Waals surface area contributed by atoms with Crippen LogP contribution >= 0.6 is 23.2 Å². The Hall–Kier alpha value is -2.82. The monoisotopic (exact) mass is 396 g/mol. The van der Waals surface area contributed by atoms with Crippen LogP contribution in [0.3, 0.4) is 0 Å². The fourth-order valence-corrected chi connectivity index (χ4v) is 2.92. The molecule has 0 atom stereocenters. The Labute approximate surface area is 166 Å². The number of hydrogen-bond donors (Lipinski definition) is 0. The summed E-state index contributed by atoms with van der Waals surface area (Å²) in [6.45, 7) is 0. The van der Waals surface area contributed by atoms with Crippen molar-refractivity contribution in [1.29, 1.82) is 0 Å². The summed E-state index contributed by atoms with van der Waals surface area (Å²) < 4.78 is 0. The van der Waals surface area contributed by atoms with E-state index in [1.165, 1.54) is 0 Å². The van der Waals surface area contributed by atoms with E-state index in [4.69, 9.17) is 23.2 Å². The second-order valence-electron chi connectivity index (χ2n) is 5.65. The van der Waals surface area contributed by atoms with Crippen LogP contribution < -0.4 is 0 Å². The molecule has 6 heteroatoms. The Kier molecular flexibility index (Phi) is 6.12. The largest absolute Gasteiger partial charge is 0.291 e. The first kappa shape index (κ1) is 19.0. The number of benzene rings is 3. The molecule has 27 heavy (non-hydrogen) atoms. The molecule has 0 amide bonds. The lowest BCUT2D eigenvalue weighted by molar-refractivity contribution is 0.0861. The number of rotatable bonds is 6. The van der Waals surface area contributed by atoms with Crippen molar-refractivity contribution >= 4 is 40.5 Å². The molecular weight excluding hydrogens is 383 g/mol. The number of Topliss-reactive ketones (excluding diaryl/α,β-unsaturated/α-hetero) is 2. The average Bonchev–Trinajstić information content (AvgIpc) is 2.71. The van der Waals surface area contributed by atoms with Gasteiger partial charge in [-0.2, -0.15) is 10.2 Å². The predicted molar refractivity (Wildman–Crippen MR) is 106 cm³/mol. The number of carbonyl (C=O) groups is 2. The van der Waals surface area contributed by atoms with Crippen molar-refractivity contribution in [2.24, 2.45) is 10.2 Å². The highest BCUT2D eigenvalue weighted by atomic mass is 35.5. The molecule has 0 heterocycles. The van der Waals surface area contributed by atoms with Crippen molar-refractivity contribution in [3.05, 3.63) is 100 Å². The molecular formula is C21H14Cl2N2O2. The smallest absolute Gasteiger partial charge is 0.197 e. The van der Waals surface area contributed by atoms with Gasteiger partial charge in [0.1, 0.15) is 5.69 Å². The van der Waals surface area contributed by atoms with E-state index in [0.717, 1.165) is 0 Å². The summed E-state index contributed by atoms with van der Waals surface area (Å²) >= 11 is 12.2. The van der Waals surface area contributed by atoms with Crippen LogP contribution in [0.15, 0.2) is 89.1 Å². The van der Waals surface area contributed by atoms with Gasteiger partial charge in [0.2, 0.25) is 0 Å². The fourth-order valence-electron chi connectivity index (χ4n) is 2.44. The zero-order valence-electron chi connectivity index (χ0n) is 14.0. The first-order chi connectivity index (χ1) is 13.1. The van der Waals surface area contributed by atoms with Crippen LogP contribution in [0, 0.1) is 0 Å². The minimum atomic E-state index is -1.33. The molecule has 0 aliphatic carbocycles. The van der Waals surface area contributed by atoms with Gasteiger partial charge in [-0.15, -0.1) is 0 Å². The average molecular weight is 397 g/mol. The maximum absolute atomic E-state index is 12.9. The number of azo groups is 1. The Bertz CT molecular complexity index is 918. The Morgan fingerprint density at radius 1 is 0.667 bits per heavy atom. The Balaban J connectivity index is 2.01. The SMILES string of the molecule is O=C(c1ccccc1)C(N=Nc1c(Cl)cccc1Cl)C(=O)c1ccccc1. The fraction of sp³-hybridized carbons (Fsp3) is 0.0476. The maximum Gasteiger partial charge on any atom is 0.197 e. The van der Waals surface area contributed by atoms with Gasteiger partial charge in [-0.25, -0.2) is 0 Å². The zero-order chi connectivity index (χ0) is 19.2. The summed E-state index contributed by atoms with van der Waals surface area (Å²) in [4.78, 5) is 25.8. The normalized spacial score (nSPS) is 11.1. The van der Waals surface area contributed by atoms with Crippen LogP contribution in [0.4, 0.5) is 5.69 Å². The zero-order valence-corrected chi connectivity index (χ0v) is 15.6. The lowest BCUT2D eigenvalue weighted by atomic mass is 9.97. The van der Waals surface area contributed by atoms with Crippen molar-refractivity contribution in [2.45, 2.75) is 6.04 Å². The topological polar surface area (TPSA) is 58.9 Å². The highest BCUT2D eigenvalue weighted by Gasteiger charge is 2.28. The molecule has 0 radical (unpaired) electrons. The third kappa shape index (κ3) is 4.48. The summed E-state index contributed by atoms with van der Waals surface area (Å²) in [5.74, 6) is -0.896. The first-order valence-corrected chi connectivity index (χ1v) is 8.87. The quantitative estimate of drug-likeness (QED) is 0.282. The lowest BCUT2D eigenvalue weighted by Gasteiger charge is -2.10. The van der Waals surface area contributed by atoms with Gasteiger partial charge in [0.15, 0.2) is 17.6 Å².